The molecule has 0 radical (unpaired) electrons. The molecule has 0 spiro atoms. The lowest BCUT2D eigenvalue weighted by molar-refractivity contribution is 0.396. The molecule has 6 rings (SSSR count). The minimum Gasteiger partial charge on any atom is -0.505 e. The molecule has 10 heteroatoms. The van der Waals surface area contributed by atoms with Gasteiger partial charge in [-0.2, -0.15) is 0 Å². The fourth-order valence-electron chi connectivity index (χ4n) is 5.12. The van der Waals surface area contributed by atoms with Crippen LogP contribution in [0.5, 0.6) is 11.5 Å². The third-order valence-corrected chi connectivity index (χ3v) is 6.79. The van der Waals surface area contributed by atoms with Crippen LogP contribution in [0.1, 0.15) is 11.4 Å². The van der Waals surface area contributed by atoms with Gasteiger partial charge < -0.3 is 20.0 Å². The van der Waals surface area contributed by atoms with Gasteiger partial charge in [-0.3, -0.25) is 0 Å². The highest BCUT2D eigenvalue weighted by Crippen LogP contribution is 2.48. The number of hydrogen-bond acceptors (Lipinski definition) is 8. The normalized spacial score (nSPS) is 11.8. The van der Waals surface area contributed by atoms with E-state index >= 15 is 0 Å². The van der Waals surface area contributed by atoms with Crippen molar-refractivity contribution >= 4 is 21.5 Å². The van der Waals surface area contributed by atoms with E-state index in [4.69, 9.17) is 0 Å². The van der Waals surface area contributed by atoms with E-state index in [1.807, 2.05) is 111 Å². The summed E-state index contributed by atoms with van der Waals surface area (Å²) in [5.41, 5.74) is 3.48. The summed E-state index contributed by atoms with van der Waals surface area (Å²) in [6.07, 6.45) is 3.62. The second kappa shape index (κ2) is 10.1. The van der Waals surface area contributed by atoms with Gasteiger partial charge in [0, 0.05) is 24.2 Å². The maximum absolute atomic E-state index is 11.9. The number of rotatable bonds is 7. The standard InChI is InChI=1S/C30H30N8O2/c1-35(2)15-21-17-37(33-31-21)25-13-19-9-5-7-11-23(19)27(29(25)39)28-24-12-8-6-10-20(24)14-26(30(28)40)38-18-22(32-34-38)16-36(3)4/h5-14,17-18,39-40H,15-16H2,1-4H3. The van der Waals surface area contributed by atoms with Crippen LogP contribution in [0.15, 0.2) is 73.1 Å². The Balaban J connectivity index is 1.64. The summed E-state index contributed by atoms with van der Waals surface area (Å²) in [7, 11) is 7.85. The summed E-state index contributed by atoms with van der Waals surface area (Å²) in [5.74, 6) is -0.0195. The van der Waals surface area contributed by atoms with Crippen LogP contribution < -0.4 is 0 Å². The molecule has 2 N–H and O–H groups in total. The lowest BCUT2D eigenvalue weighted by Gasteiger charge is -2.18. The molecule has 2 aromatic heterocycles. The molecule has 2 heterocycles. The van der Waals surface area contributed by atoms with E-state index in [0.717, 1.165) is 32.9 Å². The Bertz CT molecular complexity index is 1720. The van der Waals surface area contributed by atoms with Gasteiger partial charge in [-0.15, -0.1) is 10.2 Å². The van der Waals surface area contributed by atoms with Gasteiger partial charge in [0.05, 0.1) is 23.8 Å². The Hall–Kier alpha value is -4.80. The summed E-state index contributed by atoms with van der Waals surface area (Å²) < 4.78 is 3.16. The first-order chi connectivity index (χ1) is 19.3. The molecule has 6 aromatic rings. The SMILES string of the molecule is CN(C)Cc1cn(-c2cc3ccccc3c(-c3c(O)c(-n4cc(CN(C)C)nn4)cc4ccccc34)c2O)nn1. The molecule has 0 fully saturated rings. The van der Waals surface area contributed by atoms with Crippen molar-refractivity contribution in [3.8, 4) is 34.0 Å². The molecule has 0 saturated heterocycles. The third kappa shape index (κ3) is 4.53. The van der Waals surface area contributed by atoms with Crippen LogP contribution in [0.2, 0.25) is 0 Å². The molecule has 0 bridgehead atoms. The van der Waals surface area contributed by atoms with E-state index in [1.54, 1.807) is 9.36 Å². The summed E-state index contributed by atoms with van der Waals surface area (Å²) in [6.45, 7) is 1.23. The monoisotopic (exact) mass is 534 g/mol. The second-order valence-electron chi connectivity index (χ2n) is 10.5. The Labute approximate surface area is 231 Å². The van der Waals surface area contributed by atoms with Crippen LogP contribution in [-0.2, 0) is 13.1 Å². The Morgan fingerprint density at radius 1 is 0.625 bits per heavy atom. The first-order valence-electron chi connectivity index (χ1n) is 12.9. The van der Waals surface area contributed by atoms with Crippen LogP contribution >= 0.6 is 0 Å². The minimum absolute atomic E-state index is 0.00973. The molecule has 0 saturated carbocycles. The number of hydrogen-bond donors (Lipinski definition) is 2. The number of aromatic hydroxyl groups is 2. The largest absolute Gasteiger partial charge is 0.505 e. The maximum Gasteiger partial charge on any atom is 0.149 e. The van der Waals surface area contributed by atoms with Crippen molar-refractivity contribution in [1.82, 2.24) is 39.8 Å². The molecule has 4 aromatic carbocycles. The highest BCUT2D eigenvalue weighted by molar-refractivity contribution is 6.12. The van der Waals surface area contributed by atoms with Gasteiger partial charge >= 0.3 is 0 Å². The molecule has 10 nitrogen and oxygen atoms in total. The topological polar surface area (TPSA) is 108 Å². The molecule has 0 unspecified atom stereocenters. The van der Waals surface area contributed by atoms with Crippen molar-refractivity contribution in [1.29, 1.82) is 0 Å². The average molecular weight is 535 g/mol. The lowest BCUT2D eigenvalue weighted by atomic mass is 9.91. The van der Waals surface area contributed by atoms with E-state index in [9.17, 15) is 10.2 Å². The van der Waals surface area contributed by atoms with Gasteiger partial charge in [0.1, 0.15) is 22.9 Å². The molecule has 0 aliphatic rings. The predicted octanol–water partition coefficient (Wildman–Crippen LogP) is 4.36. The molecular formula is C30H30N8O2. The van der Waals surface area contributed by atoms with Crippen molar-refractivity contribution in [2.24, 2.45) is 0 Å². The Morgan fingerprint density at radius 3 is 1.43 bits per heavy atom. The maximum atomic E-state index is 11.9. The molecular weight excluding hydrogens is 504 g/mol. The molecule has 0 atom stereocenters. The van der Waals surface area contributed by atoms with E-state index < -0.39 is 0 Å². The van der Waals surface area contributed by atoms with Gasteiger partial charge in [0.2, 0.25) is 0 Å². The number of benzene rings is 4. The summed E-state index contributed by atoms with van der Waals surface area (Å²) in [4.78, 5) is 4.01. The molecule has 0 amide bonds. The smallest absolute Gasteiger partial charge is 0.149 e. The van der Waals surface area contributed by atoms with E-state index in [1.165, 1.54) is 0 Å². The number of fused-ring (bicyclic) bond motifs is 2. The molecule has 0 aliphatic carbocycles. The second-order valence-corrected chi connectivity index (χ2v) is 10.5. The fourth-order valence-corrected chi connectivity index (χ4v) is 5.12. The van der Waals surface area contributed by atoms with Gasteiger partial charge in [0.25, 0.3) is 0 Å². The lowest BCUT2D eigenvalue weighted by Crippen LogP contribution is -2.10. The van der Waals surface area contributed by atoms with Gasteiger partial charge in [-0.1, -0.05) is 59.0 Å². The minimum atomic E-state index is -0.00973. The van der Waals surface area contributed by atoms with Crippen molar-refractivity contribution in [2.75, 3.05) is 28.2 Å². The summed E-state index contributed by atoms with van der Waals surface area (Å²) in [5, 5.41) is 44.3. The number of nitrogens with zero attached hydrogens (tertiary/aromatic N) is 8. The van der Waals surface area contributed by atoms with Crippen molar-refractivity contribution in [3.05, 3.63) is 84.4 Å². The molecule has 202 valence electrons. The van der Waals surface area contributed by atoms with Crippen molar-refractivity contribution in [3.63, 3.8) is 0 Å². The van der Waals surface area contributed by atoms with Gasteiger partial charge in [-0.25, -0.2) is 9.36 Å². The van der Waals surface area contributed by atoms with E-state index in [0.29, 0.717) is 35.6 Å². The van der Waals surface area contributed by atoms with Crippen LogP contribution in [0.4, 0.5) is 0 Å². The van der Waals surface area contributed by atoms with Crippen molar-refractivity contribution in [2.45, 2.75) is 13.1 Å². The van der Waals surface area contributed by atoms with E-state index in [-0.39, 0.29) is 11.5 Å². The average Bonchev–Trinajstić information content (AvgIpc) is 3.58. The fraction of sp³-hybridized carbons (Fsp3) is 0.200. The van der Waals surface area contributed by atoms with E-state index in [2.05, 4.69) is 20.6 Å². The van der Waals surface area contributed by atoms with Gasteiger partial charge in [0.15, 0.2) is 0 Å². The Kier molecular flexibility index (Phi) is 6.41. The highest BCUT2D eigenvalue weighted by atomic mass is 16.3. The number of phenols is 2. The van der Waals surface area contributed by atoms with Crippen LogP contribution in [0.3, 0.4) is 0 Å². The van der Waals surface area contributed by atoms with Crippen LogP contribution in [0, 0.1) is 0 Å². The predicted molar refractivity (Wildman–Crippen MR) is 155 cm³/mol. The first-order valence-corrected chi connectivity index (χ1v) is 12.9. The zero-order chi connectivity index (χ0) is 28.0. The summed E-state index contributed by atoms with van der Waals surface area (Å²) >= 11 is 0. The highest BCUT2D eigenvalue weighted by Gasteiger charge is 2.24. The molecule has 0 aliphatic heterocycles. The Morgan fingerprint density at radius 2 is 1.02 bits per heavy atom. The number of aromatic nitrogens is 6. The third-order valence-electron chi connectivity index (χ3n) is 6.79. The van der Waals surface area contributed by atoms with Gasteiger partial charge in [-0.05, 0) is 61.9 Å². The zero-order valence-electron chi connectivity index (χ0n) is 22.8. The summed E-state index contributed by atoms with van der Waals surface area (Å²) in [6, 6.07) is 19.3. The van der Waals surface area contributed by atoms with Crippen molar-refractivity contribution < 1.29 is 10.2 Å². The first kappa shape index (κ1) is 25.5. The number of phenolic OH excluding ortho intramolecular Hbond substituents is 2. The molecule has 40 heavy (non-hydrogen) atoms. The zero-order valence-corrected chi connectivity index (χ0v) is 22.8. The van der Waals surface area contributed by atoms with Crippen LogP contribution in [0.25, 0.3) is 44.0 Å². The van der Waals surface area contributed by atoms with Crippen LogP contribution in [-0.4, -0.2) is 78.2 Å². The quantitative estimate of drug-likeness (QED) is 0.311.